The van der Waals surface area contributed by atoms with Crippen LogP contribution in [0.15, 0.2) is 0 Å². The fourth-order valence-corrected chi connectivity index (χ4v) is 6.20. The molecule has 0 aromatic carbocycles. The molecule has 1 fully saturated rings. The van der Waals surface area contributed by atoms with Crippen LogP contribution in [0.25, 0.3) is 0 Å². The molecule has 18 heavy (non-hydrogen) atoms. The van der Waals surface area contributed by atoms with Crippen molar-refractivity contribution in [1.82, 2.24) is 5.43 Å². The van der Waals surface area contributed by atoms with Gasteiger partial charge in [-0.05, 0) is 19.3 Å². The van der Waals surface area contributed by atoms with Crippen molar-refractivity contribution >= 4 is 33.4 Å². The average molecular weight is 313 g/mol. The van der Waals surface area contributed by atoms with Crippen LogP contribution in [0.1, 0.15) is 26.2 Å². The Labute approximate surface area is 119 Å². The van der Waals surface area contributed by atoms with Gasteiger partial charge in [-0.25, -0.2) is 8.42 Å². The number of thioether (sulfide) groups is 2. The Morgan fingerprint density at radius 2 is 2.06 bits per heavy atom. The van der Waals surface area contributed by atoms with E-state index in [0.29, 0.717) is 16.9 Å². The molecule has 0 saturated carbocycles. The van der Waals surface area contributed by atoms with Gasteiger partial charge >= 0.3 is 0 Å². The monoisotopic (exact) mass is 312 g/mol. The quantitative estimate of drug-likeness (QED) is 0.545. The summed E-state index contributed by atoms with van der Waals surface area (Å²) in [6.07, 6.45) is 3.95. The van der Waals surface area contributed by atoms with Gasteiger partial charge in [0.15, 0.2) is 0 Å². The van der Waals surface area contributed by atoms with Crippen LogP contribution in [0.5, 0.6) is 0 Å². The lowest BCUT2D eigenvalue weighted by molar-refractivity contribution is 0.459. The summed E-state index contributed by atoms with van der Waals surface area (Å²) in [5, 5.41) is 1.13. The molecular formula is C11H24N2O2S3. The van der Waals surface area contributed by atoms with Gasteiger partial charge in [-0.1, -0.05) is 6.92 Å². The van der Waals surface area contributed by atoms with Crippen LogP contribution in [0.3, 0.4) is 0 Å². The zero-order valence-corrected chi connectivity index (χ0v) is 13.5. The minimum absolute atomic E-state index is 0.217. The number of hydrazine groups is 1. The summed E-state index contributed by atoms with van der Waals surface area (Å²) in [5.41, 5.74) is 2.89. The van der Waals surface area contributed by atoms with Gasteiger partial charge in [-0.15, -0.1) is 0 Å². The third kappa shape index (κ3) is 5.69. The van der Waals surface area contributed by atoms with E-state index in [0.717, 1.165) is 18.6 Å². The van der Waals surface area contributed by atoms with Crippen molar-refractivity contribution in [2.24, 2.45) is 5.84 Å². The predicted molar refractivity (Wildman–Crippen MR) is 82.8 cm³/mol. The highest BCUT2D eigenvalue weighted by atomic mass is 32.2. The molecule has 1 rings (SSSR count). The summed E-state index contributed by atoms with van der Waals surface area (Å²) in [4.78, 5) is 0. The minimum atomic E-state index is -2.86. The fraction of sp³-hybridized carbons (Fsp3) is 1.00. The molecule has 3 unspecified atom stereocenters. The lowest BCUT2D eigenvalue weighted by atomic mass is 10.0. The molecule has 0 aliphatic carbocycles. The van der Waals surface area contributed by atoms with Crippen LogP contribution in [-0.2, 0) is 9.84 Å². The maximum absolute atomic E-state index is 11.1. The number of rotatable bonds is 7. The van der Waals surface area contributed by atoms with Crippen LogP contribution in [0.2, 0.25) is 0 Å². The van der Waals surface area contributed by atoms with Crippen molar-refractivity contribution in [2.45, 2.75) is 42.7 Å². The van der Waals surface area contributed by atoms with Gasteiger partial charge < -0.3 is 0 Å². The Hall–Kier alpha value is 0.570. The van der Waals surface area contributed by atoms with Crippen molar-refractivity contribution in [2.75, 3.05) is 23.5 Å². The first-order chi connectivity index (χ1) is 8.48. The average Bonchev–Trinajstić information content (AvgIpc) is 2.33. The summed E-state index contributed by atoms with van der Waals surface area (Å²) in [7, 11) is -2.86. The van der Waals surface area contributed by atoms with E-state index in [9.17, 15) is 8.42 Å². The maximum Gasteiger partial charge on any atom is 0.147 e. The third-order valence-electron chi connectivity index (χ3n) is 3.14. The van der Waals surface area contributed by atoms with Gasteiger partial charge in [-0.2, -0.15) is 23.5 Å². The van der Waals surface area contributed by atoms with Gasteiger partial charge in [0.05, 0.1) is 0 Å². The first kappa shape index (κ1) is 16.6. The fourth-order valence-electron chi connectivity index (χ4n) is 2.22. The second-order valence-corrected chi connectivity index (χ2v) is 9.59. The Bertz CT molecular complexity index is 335. The van der Waals surface area contributed by atoms with E-state index in [-0.39, 0.29) is 11.8 Å². The van der Waals surface area contributed by atoms with Gasteiger partial charge in [0.1, 0.15) is 9.84 Å². The molecule has 3 N–H and O–H groups in total. The van der Waals surface area contributed by atoms with Gasteiger partial charge in [-0.3, -0.25) is 11.3 Å². The van der Waals surface area contributed by atoms with Gasteiger partial charge in [0, 0.05) is 40.1 Å². The Morgan fingerprint density at radius 1 is 1.39 bits per heavy atom. The molecule has 7 heteroatoms. The summed E-state index contributed by atoms with van der Waals surface area (Å²) < 4.78 is 22.3. The number of nitrogens with one attached hydrogen (secondary N) is 1. The van der Waals surface area contributed by atoms with E-state index in [2.05, 4.69) is 12.3 Å². The Morgan fingerprint density at radius 3 is 2.61 bits per heavy atom. The topological polar surface area (TPSA) is 72.2 Å². The predicted octanol–water partition coefficient (Wildman–Crippen LogP) is 1.27. The molecule has 3 atom stereocenters. The van der Waals surface area contributed by atoms with Crippen LogP contribution in [-0.4, -0.2) is 48.5 Å². The molecule has 0 radical (unpaired) electrons. The first-order valence-electron chi connectivity index (χ1n) is 6.35. The normalized spacial score (nSPS) is 27.1. The third-order valence-corrected chi connectivity index (χ3v) is 7.57. The molecule has 1 aliphatic rings. The summed E-state index contributed by atoms with van der Waals surface area (Å²) in [6.45, 7) is 2.21. The second kappa shape index (κ2) is 7.99. The lowest BCUT2D eigenvalue weighted by Gasteiger charge is -2.35. The summed E-state index contributed by atoms with van der Waals surface area (Å²) in [6, 6.07) is 0.217. The number of sulfone groups is 1. The highest BCUT2D eigenvalue weighted by Gasteiger charge is 2.31. The highest BCUT2D eigenvalue weighted by Crippen LogP contribution is 2.36. The summed E-state index contributed by atoms with van der Waals surface area (Å²) in [5.74, 6) is 8.28. The van der Waals surface area contributed by atoms with Crippen LogP contribution < -0.4 is 11.3 Å². The van der Waals surface area contributed by atoms with E-state index in [4.69, 9.17) is 5.84 Å². The van der Waals surface area contributed by atoms with Crippen molar-refractivity contribution in [3.05, 3.63) is 0 Å². The Balaban J connectivity index is 2.48. The summed E-state index contributed by atoms with van der Waals surface area (Å²) >= 11 is 3.99. The molecule has 0 amide bonds. The molecule has 0 spiro atoms. The van der Waals surface area contributed by atoms with Gasteiger partial charge in [0.2, 0.25) is 0 Å². The van der Waals surface area contributed by atoms with Gasteiger partial charge in [0.25, 0.3) is 0 Å². The highest BCUT2D eigenvalue weighted by molar-refractivity contribution is 8.07. The number of nitrogens with two attached hydrogens (primary N) is 1. The standard InChI is InChI=1S/C11H24N2O2S3/c1-3-10-11(17-7-6-16-10)9(13-12)5-4-8-18(2,14)15/h9-11,13H,3-8,12H2,1-2H3. The Kier molecular flexibility index (Phi) is 7.38. The van der Waals surface area contributed by atoms with E-state index >= 15 is 0 Å². The molecule has 1 aliphatic heterocycles. The van der Waals surface area contributed by atoms with E-state index < -0.39 is 9.84 Å². The van der Waals surface area contributed by atoms with Crippen LogP contribution in [0.4, 0.5) is 0 Å². The van der Waals surface area contributed by atoms with E-state index in [1.807, 2.05) is 23.5 Å². The van der Waals surface area contributed by atoms with Crippen LogP contribution in [0, 0.1) is 0 Å². The van der Waals surface area contributed by atoms with Crippen molar-refractivity contribution in [3.63, 3.8) is 0 Å². The first-order valence-corrected chi connectivity index (χ1v) is 10.5. The SMILES string of the molecule is CCC1SCCSC1C(CCCS(C)(=O)=O)NN. The zero-order chi connectivity index (χ0) is 13.6. The molecule has 1 heterocycles. The maximum atomic E-state index is 11.1. The van der Waals surface area contributed by atoms with Crippen molar-refractivity contribution < 1.29 is 8.42 Å². The van der Waals surface area contributed by atoms with E-state index in [1.165, 1.54) is 12.0 Å². The van der Waals surface area contributed by atoms with Crippen LogP contribution >= 0.6 is 23.5 Å². The second-order valence-electron chi connectivity index (χ2n) is 4.70. The molecule has 0 bridgehead atoms. The molecule has 0 aromatic rings. The minimum Gasteiger partial charge on any atom is -0.271 e. The number of hydrogen-bond donors (Lipinski definition) is 2. The number of hydrogen-bond acceptors (Lipinski definition) is 6. The molecule has 0 aromatic heterocycles. The molecule has 4 nitrogen and oxygen atoms in total. The van der Waals surface area contributed by atoms with E-state index in [1.54, 1.807) is 0 Å². The molecule has 108 valence electrons. The molecular weight excluding hydrogens is 288 g/mol. The van der Waals surface area contributed by atoms with Crippen molar-refractivity contribution in [3.8, 4) is 0 Å². The zero-order valence-electron chi connectivity index (χ0n) is 11.1. The largest absolute Gasteiger partial charge is 0.271 e. The molecule has 1 saturated heterocycles. The van der Waals surface area contributed by atoms with Crippen molar-refractivity contribution in [1.29, 1.82) is 0 Å². The lowest BCUT2D eigenvalue weighted by Crippen LogP contribution is -2.48. The smallest absolute Gasteiger partial charge is 0.147 e.